The van der Waals surface area contributed by atoms with Crippen molar-refractivity contribution < 1.29 is 9.32 Å². The van der Waals surface area contributed by atoms with Crippen LogP contribution in [-0.2, 0) is 6.42 Å². The minimum atomic E-state index is -0.232. The fourth-order valence-electron chi connectivity index (χ4n) is 1.75. The average Bonchev–Trinajstić information content (AvgIpc) is 3.08. The summed E-state index contributed by atoms with van der Waals surface area (Å²) in [7, 11) is 1.93. The van der Waals surface area contributed by atoms with Gasteiger partial charge in [-0.05, 0) is 6.42 Å². The van der Waals surface area contributed by atoms with E-state index in [1.165, 1.54) is 17.7 Å². The van der Waals surface area contributed by atoms with Crippen LogP contribution in [0.3, 0.4) is 0 Å². The number of nitrogens with two attached hydrogens (primary N) is 1. The van der Waals surface area contributed by atoms with E-state index in [0.29, 0.717) is 23.7 Å². The predicted molar refractivity (Wildman–Crippen MR) is 80.4 cm³/mol. The van der Waals surface area contributed by atoms with Crippen molar-refractivity contribution in [3.8, 4) is 0 Å². The van der Waals surface area contributed by atoms with Gasteiger partial charge in [0.1, 0.15) is 10.7 Å². The van der Waals surface area contributed by atoms with Gasteiger partial charge in [0, 0.05) is 26.6 Å². The van der Waals surface area contributed by atoms with Gasteiger partial charge in [-0.3, -0.25) is 4.79 Å². The molecular formula is C12H18N6O2S. The van der Waals surface area contributed by atoms with Crippen LogP contribution < -0.4 is 16.0 Å². The summed E-state index contributed by atoms with van der Waals surface area (Å²) in [5.41, 5.74) is 5.81. The molecule has 1 amide bonds. The molecule has 114 valence electrons. The van der Waals surface area contributed by atoms with Crippen molar-refractivity contribution in [2.75, 3.05) is 30.8 Å². The lowest BCUT2D eigenvalue weighted by Crippen LogP contribution is -2.25. The standard InChI is InChI=1S/C12H18N6O2S/c1-3-6-18(2)12-16-10(13)9(21-12)11(19)14-5-4-8-15-7-20-17-8/h7H,3-6,13H2,1-2H3,(H,14,19). The highest BCUT2D eigenvalue weighted by Crippen LogP contribution is 2.27. The molecule has 3 N–H and O–H groups in total. The molecule has 0 radical (unpaired) electrons. The smallest absolute Gasteiger partial charge is 0.265 e. The lowest BCUT2D eigenvalue weighted by atomic mass is 10.4. The summed E-state index contributed by atoms with van der Waals surface area (Å²) < 4.78 is 4.62. The number of amides is 1. The Morgan fingerprint density at radius 1 is 1.57 bits per heavy atom. The Morgan fingerprint density at radius 2 is 2.38 bits per heavy atom. The second-order valence-corrected chi connectivity index (χ2v) is 5.46. The number of hydrogen-bond acceptors (Lipinski definition) is 8. The van der Waals surface area contributed by atoms with Gasteiger partial charge in [0.2, 0.25) is 6.39 Å². The maximum Gasteiger partial charge on any atom is 0.265 e. The Morgan fingerprint density at radius 3 is 3.05 bits per heavy atom. The number of carbonyl (C=O) groups excluding carboxylic acids is 1. The van der Waals surface area contributed by atoms with E-state index in [1.54, 1.807) is 0 Å². The number of thiazole rings is 1. The molecule has 0 saturated heterocycles. The molecule has 0 unspecified atom stereocenters. The van der Waals surface area contributed by atoms with Crippen molar-refractivity contribution in [2.45, 2.75) is 19.8 Å². The number of nitrogens with one attached hydrogen (secondary N) is 1. The largest absolute Gasteiger partial charge is 0.382 e. The van der Waals surface area contributed by atoms with Gasteiger partial charge in [0.25, 0.3) is 5.91 Å². The van der Waals surface area contributed by atoms with Crippen LogP contribution in [0.2, 0.25) is 0 Å². The van der Waals surface area contributed by atoms with Crippen LogP contribution >= 0.6 is 11.3 Å². The van der Waals surface area contributed by atoms with Gasteiger partial charge in [-0.2, -0.15) is 4.98 Å². The van der Waals surface area contributed by atoms with Crippen molar-refractivity contribution in [3.05, 3.63) is 17.1 Å². The lowest BCUT2D eigenvalue weighted by Gasteiger charge is -2.13. The van der Waals surface area contributed by atoms with Gasteiger partial charge in [-0.1, -0.05) is 23.4 Å². The summed E-state index contributed by atoms with van der Waals surface area (Å²) in [6.45, 7) is 3.36. The number of aromatic nitrogens is 3. The molecule has 0 bridgehead atoms. The molecule has 2 heterocycles. The average molecular weight is 310 g/mol. The van der Waals surface area contributed by atoms with Crippen molar-refractivity contribution in [1.82, 2.24) is 20.4 Å². The highest BCUT2D eigenvalue weighted by molar-refractivity contribution is 7.18. The Bertz CT molecular complexity index is 583. The summed E-state index contributed by atoms with van der Waals surface area (Å²) in [4.78, 5) is 22.6. The van der Waals surface area contributed by atoms with Crippen LogP contribution in [0, 0.1) is 0 Å². The summed E-state index contributed by atoms with van der Waals surface area (Å²) in [6.07, 6.45) is 2.76. The molecule has 2 aromatic rings. The van der Waals surface area contributed by atoms with Crippen molar-refractivity contribution >= 4 is 28.2 Å². The predicted octanol–water partition coefficient (Wildman–Crippen LogP) is 0.927. The first-order valence-corrected chi connectivity index (χ1v) is 7.44. The van der Waals surface area contributed by atoms with Crippen LogP contribution in [0.1, 0.15) is 28.8 Å². The topological polar surface area (TPSA) is 110 Å². The molecule has 0 saturated carbocycles. The molecule has 0 atom stereocenters. The number of hydrogen-bond donors (Lipinski definition) is 2. The first-order chi connectivity index (χ1) is 10.1. The summed E-state index contributed by atoms with van der Waals surface area (Å²) in [5.74, 6) is 0.579. The highest BCUT2D eigenvalue weighted by Gasteiger charge is 2.17. The van der Waals surface area contributed by atoms with E-state index < -0.39 is 0 Å². The van der Waals surface area contributed by atoms with E-state index in [-0.39, 0.29) is 11.7 Å². The Balaban J connectivity index is 1.92. The van der Waals surface area contributed by atoms with Gasteiger partial charge in [-0.15, -0.1) is 0 Å². The van der Waals surface area contributed by atoms with Crippen LogP contribution in [0.15, 0.2) is 10.9 Å². The summed E-state index contributed by atoms with van der Waals surface area (Å²) in [6, 6.07) is 0. The van der Waals surface area contributed by atoms with Crippen LogP contribution in [0.5, 0.6) is 0 Å². The van der Waals surface area contributed by atoms with E-state index in [0.717, 1.165) is 18.1 Å². The molecule has 0 aliphatic rings. The molecule has 0 aliphatic heterocycles. The van der Waals surface area contributed by atoms with Gasteiger partial charge in [0.05, 0.1) is 0 Å². The monoisotopic (exact) mass is 310 g/mol. The van der Waals surface area contributed by atoms with Crippen LogP contribution in [-0.4, -0.2) is 41.2 Å². The molecule has 0 aliphatic carbocycles. The van der Waals surface area contributed by atoms with Gasteiger partial charge in [0.15, 0.2) is 11.0 Å². The fraction of sp³-hybridized carbons (Fsp3) is 0.500. The van der Waals surface area contributed by atoms with E-state index in [1.807, 2.05) is 11.9 Å². The Kier molecular flexibility index (Phi) is 5.09. The number of rotatable bonds is 7. The molecule has 9 heteroatoms. The first-order valence-electron chi connectivity index (χ1n) is 6.62. The third-order valence-corrected chi connectivity index (χ3v) is 3.96. The van der Waals surface area contributed by atoms with E-state index in [9.17, 15) is 4.79 Å². The van der Waals surface area contributed by atoms with Crippen molar-refractivity contribution in [1.29, 1.82) is 0 Å². The molecule has 8 nitrogen and oxygen atoms in total. The second-order valence-electron chi connectivity index (χ2n) is 4.49. The molecule has 0 fully saturated rings. The molecule has 21 heavy (non-hydrogen) atoms. The molecule has 2 aromatic heterocycles. The fourth-order valence-corrected chi connectivity index (χ4v) is 2.64. The summed E-state index contributed by atoms with van der Waals surface area (Å²) >= 11 is 1.29. The second kappa shape index (κ2) is 7.02. The Labute approximate surface area is 126 Å². The summed E-state index contributed by atoms with van der Waals surface area (Å²) in [5, 5.41) is 7.19. The molecule has 0 aromatic carbocycles. The van der Waals surface area contributed by atoms with Gasteiger partial charge < -0.3 is 20.5 Å². The number of anilines is 2. The van der Waals surface area contributed by atoms with Crippen LogP contribution in [0.4, 0.5) is 10.9 Å². The SMILES string of the molecule is CCCN(C)c1nc(N)c(C(=O)NCCc2ncon2)s1. The quantitative estimate of drug-likeness (QED) is 0.782. The maximum absolute atomic E-state index is 12.1. The highest BCUT2D eigenvalue weighted by atomic mass is 32.1. The zero-order chi connectivity index (χ0) is 15.2. The lowest BCUT2D eigenvalue weighted by molar-refractivity contribution is 0.0958. The number of carbonyl (C=O) groups is 1. The van der Waals surface area contributed by atoms with E-state index in [2.05, 4.69) is 31.9 Å². The third-order valence-electron chi connectivity index (χ3n) is 2.77. The van der Waals surface area contributed by atoms with Crippen molar-refractivity contribution in [2.24, 2.45) is 0 Å². The van der Waals surface area contributed by atoms with Gasteiger partial charge >= 0.3 is 0 Å². The van der Waals surface area contributed by atoms with Crippen LogP contribution in [0.25, 0.3) is 0 Å². The molecular weight excluding hydrogens is 292 g/mol. The normalized spacial score (nSPS) is 10.6. The minimum Gasteiger partial charge on any atom is -0.382 e. The number of nitrogen functional groups attached to an aromatic ring is 1. The zero-order valence-corrected chi connectivity index (χ0v) is 12.8. The van der Waals surface area contributed by atoms with E-state index in [4.69, 9.17) is 5.73 Å². The minimum absolute atomic E-state index is 0.232. The van der Waals surface area contributed by atoms with E-state index >= 15 is 0 Å². The molecule has 0 spiro atoms. The first kappa shape index (κ1) is 15.2. The van der Waals surface area contributed by atoms with Crippen molar-refractivity contribution in [3.63, 3.8) is 0 Å². The molecule has 2 rings (SSSR count). The third kappa shape index (κ3) is 3.91. The van der Waals surface area contributed by atoms with Gasteiger partial charge in [-0.25, -0.2) is 4.98 Å². The number of nitrogens with zero attached hydrogens (tertiary/aromatic N) is 4. The zero-order valence-electron chi connectivity index (χ0n) is 12.0. The Hall–Kier alpha value is -2.16. The maximum atomic E-state index is 12.1.